The number of rotatable bonds is 2. The molecule has 80 valence electrons. The minimum absolute atomic E-state index is 0.148. The Kier molecular flexibility index (Phi) is 2.14. The van der Waals surface area contributed by atoms with Crippen LogP contribution in [0.5, 0.6) is 0 Å². The monoisotopic (exact) mass is 210 g/mol. The molecule has 2 N–H and O–H groups in total. The van der Waals surface area contributed by atoms with E-state index in [1.807, 2.05) is 0 Å². The van der Waals surface area contributed by atoms with Gasteiger partial charge in [0, 0.05) is 19.4 Å². The fourth-order valence-electron chi connectivity index (χ4n) is 1.69. The number of carbonyl (C=O) groups is 2. The van der Waals surface area contributed by atoms with E-state index in [-0.39, 0.29) is 12.3 Å². The molecule has 1 aliphatic rings. The summed E-state index contributed by atoms with van der Waals surface area (Å²) in [4.78, 5) is 23.3. The summed E-state index contributed by atoms with van der Waals surface area (Å²) in [7, 11) is 1.64. The van der Waals surface area contributed by atoms with Gasteiger partial charge in [-0.05, 0) is 0 Å². The number of hydrogen-bond acceptors (Lipinski definition) is 4. The Hall–Kier alpha value is -1.92. The van der Waals surface area contributed by atoms with Crippen LogP contribution in [0.2, 0.25) is 0 Å². The van der Waals surface area contributed by atoms with E-state index in [1.54, 1.807) is 7.05 Å². The number of carboxylic acids is 1. The van der Waals surface area contributed by atoms with E-state index in [4.69, 9.17) is 5.11 Å². The lowest BCUT2D eigenvalue weighted by atomic mass is 9.98. The summed E-state index contributed by atoms with van der Waals surface area (Å²) in [5, 5.41) is 19.2. The van der Waals surface area contributed by atoms with Crippen molar-refractivity contribution >= 4 is 11.9 Å². The number of hydrogen-bond donors (Lipinski definition) is 2. The molecule has 2 atom stereocenters. The summed E-state index contributed by atoms with van der Waals surface area (Å²) in [5.74, 6) is -1.74. The molecule has 1 saturated heterocycles. The van der Waals surface area contributed by atoms with Crippen LogP contribution >= 0.6 is 0 Å². The Morgan fingerprint density at radius 1 is 1.73 bits per heavy atom. The minimum Gasteiger partial charge on any atom is -0.480 e. The highest BCUT2D eigenvalue weighted by Crippen LogP contribution is 2.26. The summed E-state index contributed by atoms with van der Waals surface area (Å²) >= 11 is 0. The molecule has 0 bridgehead atoms. The van der Waals surface area contributed by atoms with Crippen molar-refractivity contribution in [1.82, 2.24) is 20.3 Å². The summed E-state index contributed by atoms with van der Waals surface area (Å²) < 4.78 is 0. The molecule has 7 nitrogen and oxygen atoms in total. The number of aromatic nitrogens is 3. The van der Waals surface area contributed by atoms with Crippen LogP contribution in [0.25, 0.3) is 0 Å². The molecule has 1 aliphatic heterocycles. The molecule has 15 heavy (non-hydrogen) atoms. The first-order valence-corrected chi connectivity index (χ1v) is 4.46. The standard InChI is InChI=1S/C8H10N4O3/c1-12-9-3-5(11-12)4-2-6(13)10-7(4)8(14)15/h3-4,7H,2H2,1H3,(H,10,13)(H,14,15). The van der Waals surface area contributed by atoms with Gasteiger partial charge in [-0.15, -0.1) is 0 Å². The van der Waals surface area contributed by atoms with Crippen LogP contribution in [0.3, 0.4) is 0 Å². The highest BCUT2D eigenvalue weighted by molar-refractivity contribution is 5.89. The summed E-state index contributed by atoms with van der Waals surface area (Å²) in [6.07, 6.45) is 1.64. The van der Waals surface area contributed by atoms with Gasteiger partial charge in [-0.1, -0.05) is 0 Å². The third-order valence-corrected chi connectivity index (χ3v) is 2.39. The molecule has 2 rings (SSSR count). The number of carboxylic acid groups (broad SMARTS) is 1. The maximum absolute atomic E-state index is 11.1. The topological polar surface area (TPSA) is 97.1 Å². The van der Waals surface area contributed by atoms with Gasteiger partial charge >= 0.3 is 5.97 Å². The van der Waals surface area contributed by atoms with Gasteiger partial charge in [0.2, 0.25) is 5.91 Å². The van der Waals surface area contributed by atoms with Gasteiger partial charge in [0.05, 0.1) is 11.9 Å². The minimum atomic E-state index is -1.04. The number of aliphatic carboxylic acids is 1. The van der Waals surface area contributed by atoms with Gasteiger partial charge in [-0.2, -0.15) is 15.0 Å². The van der Waals surface area contributed by atoms with E-state index >= 15 is 0 Å². The Morgan fingerprint density at radius 2 is 2.47 bits per heavy atom. The Balaban J connectivity index is 2.27. The normalized spacial score (nSPS) is 25.3. The maximum atomic E-state index is 11.1. The molecular formula is C8H10N4O3. The molecule has 0 saturated carbocycles. The van der Waals surface area contributed by atoms with Gasteiger partial charge < -0.3 is 10.4 Å². The van der Waals surface area contributed by atoms with Gasteiger partial charge in [-0.3, -0.25) is 4.79 Å². The Bertz CT molecular complexity index is 414. The molecule has 1 amide bonds. The van der Waals surface area contributed by atoms with Crippen LogP contribution < -0.4 is 5.32 Å². The van der Waals surface area contributed by atoms with Crippen molar-refractivity contribution in [2.45, 2.75) is 18.4 Å². The quantitative estimate of drug-likeness (QED) is 0.643. The van der Waals surface area contributed by atoms with Crippen LogP contribution in [0.15, 0.2) is 6.20 Å². The lowest BCUT2D eigenvalue weighted by Crippen LogP contribution is -2.36. The predicted molar refractivity (Wildman–Crippen MR) is 47.9 cm³/mol. The third-order valence-electron chi connectivity index (χ3n) is 2.39. The average Bonchev–Trinajstić information content (AvgIpc) is 2.71. The van der Waals surface area contributed by atoms with E-state index in [0.29, 0.717) is 5.69 Å². The smallest absolute Gasteiger partial charge is 0.326 e. The zero-order valence-corrected chi connectivity index (χ0v) is 8.04. The number of nitrogens with one attached hydrogen (secondary N) is 1. The van der Waals surface area contributed by atoms with Crippen molar-refractivity contribution in [1.29, 1.82) is 0 Å². The summed E-state index contributed by atoms with van der Waals surface area (Å²) in [6, 6.07) is -0.894. The average molecular weight is 210 g/mol. The fourth-order valence-corrected chi connectivity index (χ4v) is 1.69. The van der Waals surface area contributed by atoms with E-state index in [2.05, 4.69) is 15.5 Å². The molecule has 1 fully saturated rings. The molecule has 0 spiro atoms. The van der Waals surface area contributed by atoms with Gasteiger partial charge in [0.25, 0.3) is 0 Å². The largest absolute Gasteiger partial charge is 0.480 e. The van der Waals surface area contributed by atoms with Crippen LogP contribution in [-0.4, -0.2) is 38.0 Å². The Labute approximate surface area is 85.1 Å². The molecule has 1 aromatic rings. The number of nitrogens with zero attached hydrogens (tertiary/aromatic N) is 3. The van der Waals surface area contributed by atoms with Crippen LogP contribution in [0, 0.1) is 0 Å². The van der Waals surface area contributed by atoms with Crippen LogP contribution in [-0.2, 0) is 16.6 Å². The van der Waals surface area contributed by atoms with Crippen molar-refractivity contribution in [3.8, 4) is 0 Å². The second-order valence-corrected chi connectivity index (χ2v) is 3.45. The van der Waals surface area contributed by atoms with Crippen LogP contribution in [0.4, 0.5) is 0 Å². The van der Waals surface area contributed by atoms with E-state index < -0.39 is 17.9 Å². The van der Waals surface area contributed by atoms with Crippen molar-refractivity contribution in [2.24, 2.45) is 7.05 Å². The first-order chi connectivity index (χ1) is 7.08. The van der Waals surface area contributed by atoms with E-state index in [9.17, 15) is 9.59 Å². The summed E-state index contributed by atoms with van der Waals surface area (Å²) in [5.41, 5.74) is 0.531. The van der Waals surface area contributed by atoms with E-state index in [1.165, 1.54) is 11.0 Å². The SMILES string of the molecule is Cn1ncc(C2CC(=O)NC2C(=O)O)n1. The first-order valence-electron chi connectivity index (χ1n) is 4.46. The molecule has 1 aromatic heterocycles. The third kappa shape index (κ3) is 1.67. The molecule has 0 aromatic carbocycles. The molecule has 2 heterocycles. The summed E-state index contributed by atoms with van der Waals surface area (Å²) in [6.45, 7) is 0. The van der Waals surface area contributed by atoms with Gasteiger partial charge in [0.1, 0.15) is 6.04 Å². The lowest BCUT2D eigenvalue weighted by molar-refractivity contribution is -0.140. The van der Waals surface area contributed by atoms with Gasteiger partial charge in [0.15, 0.2) is 0 Å². The second kappa shape index (κ2) is 3.34. The zero-order chi connectivity index (χ0) is 11.0. The van der Waals surface area contributed by atoms with E-state index in [0.717, 1.165) is 0 Å². The second-order valence-electron chi connectivity index (χ2n) is 3.45. The highest BCUT2D eigenvalue weighted by atomic mass is 16.4. The van der Waals surface area contributed by atoms with Crippen molar-refractivity contribution in [3.05, 3.63) is 11.9 Å². The van der Waals surface area contributed by atoms with Gasteiger partial charge in [-0.25, -0.2) is 4.79 Å². The zero-order valence-electron chi connectivity index (χ0n) is 8.04. The molecule has 0 aliphatic carbocycles. The van der Waals surface area contributed by atoms with Crippen molar-refractivity contribution < 1.29 is 14.7 Å². The highest BCUT2D eigenvalue weighted by Gasteiger charge is 2.39. The molecule has 0 radical (unpaired) electrons. The molecular weight excluding hydrogens is 200 g/mol. The van der Waals surface area contributed by atoms with Crippen molar-refractivity contribution in [3.63, 3.8) is 0 Å². The van der Waals surface area contributed by atoms with Crippen molar-refractivity contribution in [2.75, 3.05) is 0 Å². The van der Waals surface area contributed by atoms with Crippen LogP contribution in [0.1, 0.15) is 18.0 Å². The lowest BCUT2D eigenvalue weighted by Gasteiger charge is -2.10. The fraction of sp³-hybridized carbons (Fsp3) is 0.500. The predicted octanol–water partition coefficient (Wildman–Crippen LogP) is -1.13. The Morgan fingerprint density at radius 3 is 3.00 bits per heavy atom. The maximum Gasteiger partial charge on any atom is 0.326 e. The molecule has 2 unspecified atom stereocenters. The first kappa shape index (κ1) is 9.63. The number of aryl methyl sites for hydroxylation is 1. The number of carbonyl (C=O) groups excluding carboxylic acids is 1. The number of amides is 1. The molecule has 7 heteroatoms.